The molecule has 0 N–H and O–H groups in total. The zero-order chi connectivity index (χ0) is 16.1. The molecule has 0 radical (unpaired) electrons. The molecule has 22 heavy (non-hydrogen) atoms. The molecule has 2 amide bonds. The Kier molecular flexibility index (Phi) is 5.52. The average molecular weight is 303 g/mol. The average Bonchev–Trinajstić information content (AvgIpc) is 2.55. The van der Waals surface area contributed by atoms with E-state index in [2.05, 4.69) is 11.9 Å². The summed E-state index contributed by atoms with van der Waals surface area (Å²) in [5, 5.41) is 0. The van der Waals surface area contributed by atoms with Crippen LogP contribution in [0.25, 0.3) is 0 Å². The number of likely N-dealkylation sites (tertiary alicyclic amines) is 1. The Morgan fingerprint density at radius 3 is 2.64 bits per heavy atom. The lowest BCUT2D eigenvalue weighted by Gasteiger charge is -2.36. The molecule has 0 aromatic carbocycles. The van der Waals surface area contributed by atoms with Gasteiger partial charge in [0, 0.05) is 44.9 Å². The standard InChI is InChI=1S/C17H25N3O2/c1-4-15(13-6-9-18-10-7-13)20(5-2)17(22)14-8-11-19(3)16(21)12-14/h6-7,9-10,14-15H,4-5,8,11-12H2,1-3H3/t14-,15-/m1/s1. The van der Waals surface area contributed by atoms with Gasteiger partial charge in [-0.1, -0.05) is 6.92 Å². The molecule has 1 aromatic rings. The van der Waals surface area contributed by atoms with E-state index in [1.54, 1.807) is 24.3 Å². The summed E-state index contributed by atoms with van der Waals surface area (Å²) in [4.78, 5) is 32.4. The number of amides is 2. The SMILES string of the molecule is CC[C@H](c1ccncc1)N(CC)C(=O)[C@@H]1CCN(C)C(=O)C1. The molecule has 1 aromatic heterocycles. The number of aromatic nitrogens is 1. The summed E-state index contributed by atoms with van der Waals surface area (Å²) in [7, 11) is 1.80. The van der Waals surface area contributed by atoms with E-state index in [1.807, 2.05) is 24.0 Å². The van der Waals surface area contributed by atoms with Crippen molar-refractivity contribution in [1.82, 2.24) is 14.8 Å². The molecule has 2 heterocycles. The first-order chi connectivity index (χ1) is 10.6. The highest BCUT2D eigenvalue weighted by Gasteiger charge is 2.33. The Hall–Kier alpha value is -1.91. The molecule has 120 valence electrons. The second-order valence-electron chi connectivity index (χ2n) is 5.83. The van der Waals surface area contributed by atoms with Crippen molar-refractivity contribution >= 4 is 11.8 Å². The highest BCUT2D eigenvalue weighted by atomic mass is 16.2. The molecule has 1 fully saturated rings. The molecular formula is C17H25N3O2. The van der Waals surface area contributed by atoms with Crippen LogP contribution in [0.5, 0.6) is 0 Å². The van der Waals surface area contributed by atoms with E-state index >= 15 is 0 Å². The fourth-order valence-corrected chi connectivity index (χ4v) is 3.14. The van der Waals surface area contributed by atoms with Gasteiger partial charge in [-0.05, 0) is 37.5 Å². The summed E-state index contributed by atoms with van der Waals surface area (Å²) in [6, 6.07) is 3.98. The van der Waals surface area contributed by atoms with E-state index < -0.39 is 0 Å². The molecule has 0 unspecified atom stereocenters. The van der Waals surface area contributed by atoms with E-state index in [0.29, 0.717) is 19.5 Å². The van der Waals surface area contributed by atoms with Gasteiger partial charge in [-0.15, -0.1) is 0 Å². The summed E-state index contributed by atoms with van der Waals surface area (Å²) in [5.41, 5.74) is 1.10. The van der Waals surface area contributed by atoms with E-state index in [4.69, 9.17) is 0 Å². The summed E-state index contributed by atoms with van der Waals surface area (Å²) in [6.07, 6.45) is 5.46. The Morgan fingerprint density at radius 1 is 1.41 bits per heavy atom. The third-order valence-corrected chi connectivity index (χ3v) is 4.49. The number of carbonyl (C=O) groups excluding carboxylic acids is 2. The van der Waals surface area contributed by atoms with Gasteiger partial charge in [-0.25, -0.2) is 0 Å². The van der Waals surface area contributed by atoms with Crippen LogP contribution in [0.1, 0.15) is 44.7 Å². The zero-order valence-electron chi connectivity index (χ0n) is 13.7. The number of piperidine rings is 1. The van der Waals surface area contributed by atoms with Gasteiger partial charge in [0.25, 0.3) is 0 Å². The molecule has 1 aliphatic heterocycles. The van der Waals surface area contributed by atoms with Crippen LogP contribution in [-0.2, 0) is 9.59 Å². The van der Waals surface area contributed by atoms with Gasteiger partial charge in [0.05, 0.1) is 6.04 Å². The van der Waals surface area contributed by atoms with Crippen LogP contribution in [0.15, 0.2) is 24.5 Å². The molecule has 1 saturated heterocycles. The Balaban J connectivity index is 2.16. The molecule has 0 spiro atoms. The van der Waals surface area contributed by atoms with Crippen molar-refractivity contribution in [2.24, 2.45) is 5.92 Å². The topological polar surface area (TPSA) is 53.5 Å². The fraction of sp³-hybridized carbons (Fsp3) is 0.588. The second kappa shape index (κ2) is 7.38. The van der Waals surface area contributed by atoms with Crippen molar-refractivity contribution in [3.05, 3.63) is 30.1 Å². The van der Waals surface area contributed by atoms with Gasteiger partial charge in [-0.2, -0.15) is 0 Å². The number of hydrogen-bond donors (Lipinski definition) is 0. The first-order valence-corrected chi connectivity index (χ1v) is 8.02. The van der Waals surface area contributed by atoms with Crippen molar-refractivity contribution in [2.75, 3.05) is 20.1 Å². The lowest BCUT2D eigenvalue weighted by atomic mass is 9.93. The molecule has 5 heteroatoms. The Labute approximate surface area is 132 Å². The number of carbonyl (C=O) groups is 2. The number of nitrogens with zero attached hydrogens (tertiary/aromatic N) is 3. The van der Waals surface area contributed by atoms with Gasteiger partial charge in [-0.3, -0.25) is 14.6 Å². The molecule has 5 nitrogen and oxygen atoms in total. The molecule has 1 aliphatic rings. The largest absolute Gasteiger partial charge is 0.346 e. The van der Waals surface area contributed by atoms with Crippen LogP contribution in [0.2, 0.25) is 0 Å². The van der Waals surface area contributed by atoms with Crippen LogP contribution < -0.4 is 0 Å². The lowest BCUT2D eigenvalue weighted by molar-refractivity contribution is -0.146. The van der Waals surface area contributed by atoms with Crippen LogP contribution in [0, 0.1) is 5.92 Å². The third kappa shape index (κ3) is 3.46. The van der Waals surface area contributed by atoms with Crippen molar-refractivity contribution in [3.8, 4) is 0 Å². The van der Waals surface area contributed by atoms with Gasteiger partial charge >= 0.3 is 0 Å². The minimum Gasteiger partial charge on any atom is -0.346 e. The number of pyridine rings is 1. The normalized spacial score (nSPS) is 19.9. The van der Waals surface area contributed by atoms with E-state index in [0.717, 1.165) is 18.4 Å². The van der Waals surface area contributed by atoms with Crippen molar-refractivity contribution in [1.29, 1.82) is 0 Å². The van der Waals surface area contributed by atoms with Crippen LogP contribution in [0.3, 0.4) is 0 Å². The first-order valence-electron chi connectivity index (χ1n) is 8.02. The molecule has 2 rings (SSSR count). The third-order valence-electron chi connectivity index (χ3n) is 4.49. The predicted octanol–water partition coefficient (Wildman–Crippen LogP) is 2.25. The summed E-state index contributed by atoms with van der Waals surface area (Å²) in [5.74, 6) is -0.00948. The molecule has 0 aliphatic carbocycles. The monoisotopic (exact) mass is 303 g/mol. The molecule has 2 atom stereocenters. The first kappa shape index (κ1) is 16.5. The maximum Gasteiger partial charge on any atom is 0.226 e. The van der Waals surface area contributed by atoms with E-state index in [9.17, 15) is 9.59 Å². The van der Waals surface area contributed by atoms with Gasteiger partial charge in [0.2, 0.25) is 11.8 Å². The van der Waals surface area contributed by atoms with Crippen LogP contribution in [-0.4, -0.2) is 46.7 Å². The quantitative estimate of drug-likeness (QED) is 0.838. The van der Waals surface area contributed by atoms with Gasteiger partial charge in [0.1, 0.15) is 0 Å². The smallest absolute Gasteiger partial charge is 0.226 e. The molecular weight excluding hydrogens is 278 g/mol. The predicted molar refractivity (Wildman–Crippen MR) is 85.0 cm³/mol. The Bertz CT molecular complexity index is 518. The van der Waals surface area contributed by atoms with Gasteiger partial charge < -0.3 is 9.80 Å². The fourth-order valence-electron chi connectivity index (χ4n) is 3.14. The van der Waals surface area contributed by atoms with Crippen LogP contribution >= 0.6 is 0 Å². The zero-order valence-corrected chi connectivity index (χ0v) is 13.7. The van der Waals surface area contributed by atoms with Crippen LogP contribution in [0.4, 0.5) is 0 Å². The minimum absolute atomic E-state index is 0.0512. The molecule has 0 saturated carbocycles. The molecule has 0 bridgehead atoms. The summed E-state index contributed by atoms with van der Waals surface area (Å²) >= 11 is 0. The summed E-state index contributed by atoms with van der Waals surface area (Å²) in [6.45, 7) is 5.40. The van der Waals surface area contributed by atoms with E-state index in [-0.39, 0.29) is 23.8 Å². The Morgan fingerprint density at radius 2 is 2.09 bits per heavy atom. The second-order valence-corrected chi connectivity index (χ2v) is 5.83. The van der Waals surface area contributed by atoms with E-state index in [1.165, 1.54) is 0 Å². The summed E-state index contributed by atoms with van der Waals surface area (Å²) < 4.78 is 0. The minimum atomic E-state index is -0.181. The maximum atomic E-state index is 12.9. The van der Waals surface area contributed by atoms with Crippen molar-refractivity contribution in [2.45, 2.75) is 39.2 Å². The number of rotatable bonds is 5. The highest BCUT2D eigenvalue weighted by molar-refractivity contribution is 5.87. The maximum absolute atomic E-state index is 12.9. The van der Waals surface area contributed by atoms with Gasteiger partial charge in [0.15, 0.2) is 0 Å². The number of hydrogen-bond acceptors (Lipinski definition) is 3. The lowest BCUT2D eigenvalue weighted by Crippen LogP contribution is -2.45. The highest BCUT2D eigenvalue weighted by Crippen LogP contribution is 2.28. The van der Waals surface area contributed by atoms with Crippen molar-refractivity contribution in [3.63, 3.8) is 0 Å². The van der Waals surface area contributed by atoms with Crippen molar-refractivity contribution < 1.29 is 9.59 Å².